The minimum atomic E-state index is -1.44. The van der Waals surface area contributed by atoms with Gasteiger partial charge in [0.1, 0.15) is 0 Å². The van der Waals surface area contributed by atoms with Gasteiger partial charge in [-0.15, -0.1) is 0 Å². The topological polar surface area (TPSA) is 69.7 Å². The molecule has 0 N–H and O–H groups in total. The summed E-state index contributed by atoms with van der Waals surface area (Å²) in [7, 11) is 2.51. The van der Waals surface area contributed by atoms with E-state index in [2.05, 4.69) is 6.08 Å². The van der Waals surface area contributed by atoms with Crippen LogP contribution in [0.1, 0.15) is 58.8 Å². The largest absolute Gasteiger partial charge is 0.468 e. The van der Waals surface area contributed by atoms with Crippen molar-refractivity contribution in [2.75, 3.05) is 14.2 Å². The molecule has 0 amide bonds. The van der Waals surface area contributed by atoms with Gasteiger partial charge in [-0.1, -0.05) is 30.9 Å². The Balaban J connectivity index is 2.38. The molecule has 1 fully saturated rings. The van der Waals surface area contributed by atoms with Gasteiger partial charge >= 0.3 is 11.9 Å². The molecule has 25 heavy (non-hydrogen) atoms. The number of methoxy groups -OCH3 is 2. The highest BCUT2D eigenvalue weighted by atomic mass is 16.5. The molecule has 0 aromatic rings. The number of carbonyl (C=O) groups excluding carboxylic acids is 3. The van der Waals surface area contributed by atoms with Gasteiger partial charge in [-0.3, -0.25) is 14.4 Å². The summed E-state index contributed by atoms with van der Waals surface area (Å²) in [4.78, 5) is 36.9. The maximum absolute atomic E-state index is 12.4. The van der Waals surface area contributed by atoms with Gasteiger partial charge in [0, 0.05) is 18.4 Å². The van der Waals surface area contributed by atoms with Crippen LogP contribution in [0.4, 0.5) is 0 Å². The average molecular weight is 348 g/mol. The Labute approximate surface area is 149 Å². The van der Waals surface area contributed by atoms with Crippen molar-refractivity contribution in [1.29, 1.82) is 0 Å². The molecule has 0 aromatic carbocycles. The second kappa shape index (κ2) is 7.98. The van der Waals surface area contributed by atoms with E-state index >= 15 is 0 Å². The molecule has 1 saturated carbocycles. The molecule has 5 nitrogen and oxygen atoms in total. The van der Waals surface area contributed by atoms with E-state index in [1.807, 2.05) is 6.92 Å². The molecular weight excluding hydrogens is 320 g/mol. The SMILES string of the molecule is COC(=O)C1(C(=O)OC)CC(C(C)=O)=C(/C(C)=C/C2CCCCC2)C1. The summed E-state index contributed by atoms with van der Waals surface area (Å²) in [6.45, 7) is 3.45. The second-order valence-electron chi connectivity index (χ2n) is 7.18. The van der Waals surface area contributed by atoms with Crippen LogP contribution in [0.15, 0.2) is 22.8 Å². The third-order valence-electron chi connectivity index (χ3n) is 5.51. The van der Waals surface area contributed by atoms with E-state index in [0.717, 1.165) is 24.0 Å². The summed E-state index contributed by atoms with van der Waals surface area (Å²) in [5, 5.41) is 0. The maximum atomic E-state index is 12.4. The van der Waals surface area contributed by atoms with Gasteiger partial charge in [-0.05, 0) is 38.2 Å². The Morgan fingerprint density at radius 2 is 1.44 bits per heavy atom. The highest BCUT2D eigenvalue weighted by Gasteiger charge is 2.54. The first kappa shape index (κ1) is 19.4. The first-order chi connectivity index (χ1) is 11.9. The first-order valence-electron chi connectivity index (χ1n) is 8.94. The molecule has 5 heteroatoms. The lowest BCUT2D eigenvalue weighted by Crippen LogP contribution is -2.39. The molecule has 2 aliphatic rings. The Hall–Kier alpha value is -1.91. The number of allylic oxidation sites excluding steroid dienone is 4. The third-order valence-corrected chi connectivity index (χ3v) is 5.51. The van der Waals surface area contributed by atoms with Crippen LogP contribution in [0.3, 0.4) is 0 Å². The Morgan fingerprint density at radius 1 is 0.920 bits per heavy atom. The van der Waals surface area contributed by atoms with E-state index in [0.29, 0.717) is 11.5 Å². The van der Waals surface area contributed by atoms with Crippen molar-refractivity contribution in [3.63, 3.8) is 0 Å². The van der Waals surface area contributed by atoms with Crippen LogP contribution in [0.25, 0.3) is 0 Å². The molecule has 0 unspecified atom stereocenters. The molecular formula is C20H28O5. The van der Waals surface area contributed by atoms with E-state index in [1.165, 1.54) is 40.4 Å². The molecule has 0 bridgehead atoms. The normalized spacial score (nSPS) is 21.2. The summed E-state index contributed by atoms with van der Waals surface area (Å²) in [6.07, 6.45) is 8.45. The average Bonchev–Trinajstić information content (AvgIpc) is 3.03. The predicted octanol–water partition coefficient (Wildman–Crippen LogP) is 3.52. The van der Waals surface area contributed by atoms with E-state index in [4.69, 9.17) is 9.47 Å². The number of hydrogen-bond donors (Lipinski definition) is 0. The molecule has 2 rings (SSSR count). The summed E-state index contributed by atoms with van der Waals surface area (Å²) in [5.74, 6) is -0.890. The molecule has 0 aromatic heterocycles. The molecule has 0 spiro atoms. The molecule has 2 aliphatic carbocycles. The van der Waals surface area contributed by atoms with Gasteiger partial charge in [0.05, 0.1) is 14.2 Å². The lowest BCUT2D eigenvalue weighted by molar-refractivity contribution is -0.168. The number of hydrogen-bond acceptors (Lipinski definition) is 5. The van der Waals surface area contributed by atoms with Gasteiger partial charge in [0.15, 0.2) is 11.2 Å². The van der Waals surface area contributed by atoms with Crippen LogP contribution in [-0.2, 0) is 23.9 Å². The Kier molecular flexibility index (Phi) is 6.20. The van der Waals surface area contributed by atoms with E-state index in [9.17, 15) is 14.4 Å². The smallest absolute Gasteiger partial charge is 0.323 e. The molecule has 0 aliphatic heterocycles. The zero-order valence-corrected chi connectivity index (χ0v) is 15.6. The number of esters is 2. The number of Topliss-reactive ketones (excluding diaryl/α,β-unsaturated/α-hetero) is 1. The zero-order valence-electron chi connectivity index (χ0n) is 15.6. The van der Waals surface area contributed by atoms with E-state index < -0.39 is 17.4 Å². The van der Waals surface area contributed by atoms with Crippen molar-refractivity contribution in [2.24, 2.45) is 11.3 Å². The van der Waals surface area contributed by atoms with E-state index in [-0.39, 0.29) is 18.6 Å². The quantitative estimate of drug-likeness (QED) is 0.561. The lowest BCUT2D eigenvalue weighted by Gasteiger charge is -2.24. The number of ether oxygens (including phenoxy) is 2. The van der Waals surface area contributed by atoms with Crippen LogP contribution >= 0.6 is 0 Å². The molecule has 0 atom stereocenters. The fourth-order valence-electron chi connectivity index (χ4n) is 4.11. The highest BCUT2D eigenvalue weighted by Crippen LogP contribution is 2.47. The van der Waals surface area contributed by atoms with Gasteiger partial charge in [-0.2, -0.15) is 0 Å². The van der Waals surface area contributed by atoms with Crippen molar-refractivity contribution in [3.8, 4) is 0 Å². The van der Waals surface area contributed by atoms with Gasteiger partial charge < -0.3 is 9.47 Å². The van der Waals surface area contributed by atoms with Crippen molar-refractivity contribution in [1.82, 2.24) is 0 Å². The van der Waals surface area contributed by atoms with Crippen LogP contribution in [0.2, 0.25) is 0 Å². The standard InChI is InChI=1S/C20H28O5/c1-13(10-15-8-6-5-7-9-15)16-11-20(18(22)24-3,19(23)25-4)12-17(16)14(2)21/h10,15H,5-9,11-12H2,1-4H3/b13-10+. The Bertz CT molecular complexity index is 604. The first-order valence-corrected chi connectivity index (χ1v) is 8.94. The fraction of sp³-hybridized carbons (Fsp3) is 0.650. The minimum Gasteiger partial charge on any atom is -0.468 e. The van der Waals surface area contributed by atoms with Gasteiger partial charge in [-0.25, -0.2) is 0 Å². The van der Waals surface area contributed by atoms with E-state index in [1.54, 1.807) is 0 Å². The van der Waals surface area contributed by atoms with Crippen LogP contribution in [0, 0.1) is 11.3 Å². The van der Waals surface area contributed by atoms with Crippen LogP contribution in [-0.4, -0.2) is 31.9 Å². The molecule has 0 radical (unpaired) electrons. The fourth-order valence-corrected chi connectivity index (χ4v) is 4.11. The zero-order chi connectivity index (χ0) is 18.6. The van der Waals surface area contributed by atoms with Gasteiger partial charge in [0.2, 0.25) is 0 Å². The predicted molar refractivity (Wildman–Crippen MR) is 93.7 cm³/mol. The summed E-state index contributed by atoms with van der Waals surface area (Å²) in [5.41, 5.74) is 0.891. The maximum Gasteiger partial charge on any atom is 0.323 e. The third kappa shape index (κ3) is 3.86. The number of carbonyl (C=O) groups is 3. The minimum absolute atomic E-state index is 0.0485. The van der Waals surface area contributed by atoms with Crippen molar-refractivity contribution in [3.05, 3.63) is 22.8 Å². The Morgan fingerprint density at radius 3 is 1.92 bits per heavy atom. The monoisotopic (exact) mass is 348 g/mol. The number of ketones is 1. The highest BCUT2D eigenvalue weighted by molar-refractivity contribution is 6.06. The lowest BCUT2D eigenvalue weighted by atomic mass is 9.82. The van der Waals surface area contributed by atoms with Gasteiger partial charge in [0.25, 0.3) is 0 Å². The summed E-state index contributed by atoms with van der Waals surface area (Å²) < 4.78 is 9.74. The summed E-state index contributed by atoms with van der Waals surface area (Å²) >= 11 is 0. The molecule has 0 heterocycles. The van der Waals surface area contributed by atoms with Crippen molar-refractivity contribution in [2.45, 2.75) is 58.8 Å². The van der Waals surface area contributed by atoms with Crippen molar-refractivity contribution >= 4 is 17.7 Å². The number of rotatable bonds is 5. The molecule has 138 valence electrons. The summed E-state index contributed by atoms with van der Waals surface area (Å²) in [6, 6.07) is 0. The van der Waals surface area contributed by atoms with Crippen molar-refractivity contribution < 1.29 is 23.9 Å². The second-order valence-corrected chi connectivity index (χ2v) is 7.18. The van der Waals surface area contributed by atoms with Crippen LogP contribution < -0.4 is 0 Å². The molecule has 0 saturated heterocycles. The van der Waals surface area contributed by atoms with Crippen LogP contribution in [0.5, 0.6) is 0 Å².